The van der Waals surface area contributed by atoms with Crippen LogP contribution in [0.25, 0.3) is 0 Å². The highest BCUT2D eigenvalue weighted by Gasteiger charge is 2.30. The third-order valence-corrected chi connectivity index (χ3v) is 4.58. The zero-order chi connectivity index (χ0) is 11.5. The summed E-state index contributed by atoms with van der Waals surface area (Å²) in [6, 6.07) is 0. The van der Waals surface area contributed by atoms with E-state index in [1.165, 1.54) is 21.5 Å². The van der Waals surface area contributed by atoms with Crippen LogP contribution in [-0.2, 0) is 10.2 Å². The Kier molecular flexibility index (Phi) is 6.81. The Hall–Kier alpha value is 0.120. The van der Waals surface area contributed by atoms with Gasteiger partial charge in [0.05, 0.1) is 0 Å². The van der Waals surface area contributed by atoms with E-state index in [1.807, 2.05) is 7.05 Å². The number of nitrogens with zero attached hydrogens (tertiary/aromatic N) is 2. The first kappa shape index (κ1) is 16.1. The van der Waals surface area contributed by atoms with E-state index in [4.69, 9.17) is 0 Å². The van der Waals surface area contributed by atoms with Gasteiger partial charge < -0.3 is 5.32 Å². The van der Waals surface area contributed by atoms with Gasteiger partial charge in [0.2, 0.25) is 0 Å². The van der Waals surface area contributed by atoms with Gasteiger partial charge >= 0.3 is 0 Å². The molecule has 0 bridgehead atoms. The van der Waals surface area contributed by atoms with E-state index in [2.05, 4.69) is 5.32 Å². The molecule has 0 aromatic rings. The monoisotopic (exact) mass is 271 g/mol. The van der Waals surface area contributed by atoms with Gasteiger partial charge in [-0.25, -0.2) is 0 Å². The minimum atomic E-state index is -3.24. The highest BCUT2D eigenvalue weighted by atomic mass is 35.5. The molecule has 0 amide bonds. The molecule has 7 heteroatoms. The molecular formula is C9H22ClN3O2S. The van der Waals surface area contributed by atoms with Crippen LogP contribution < -0.4 is 5.32 Å². The fraction of sp³-hybridized carbons (Fsp3) is 1.00. The second kappa shape index (κ2) is 6.76. The highest BCUT2D eigenvalue weighted by molar-refractivity contribution is 7.86. The predicted molar refractivity (Wildman–Crippen MR) is 68.1 cm³/mol. The summed E-state index contributed by atoms with van der Waals surface area (Å²) in [5.41, 5.74) is 0. The molecule has 0 atom stereocenters. The molecule has 0 spiro atoms. The summed E-state index contributed by atoms with van der Waals surface area (Å²) < 4.78 is 26.7. The molecule has 0 radical (unpaired) electrons. The van der Waals surface area contributed by atoms with Crippen molar-refractivity contribution in [2.24, 2.45) is 5.92 Å². The van der Waals surface area contributed by atoms with Crippen molar-refractivity contribution in [1.82, 2.24) is 13.9 Å². The predicted octanol–water partition coefficient (Wildman–Crippen LogP) is 0.146. The van der Waals surface area contributed by atoms with Crippen LogP contribution in [0, 0.1) is 5.92 Å². The lowest BCUT2D eigenvalue weighted by Crippen LogP contribution is -2.42. The standard InChI is InChI=1S/C9H21N3O2S.ClH/c1-10-6-7-11(2)15(13,14)12(3)8-9-4-5-9;/h9-10H,4-8H2,1-3H3;1H. The van der Waals surface area contributed by atoms with Gasteiger partial charge in [-0.2, -0.15) is 17.0 Å². The van der Waals surface area contributed by atoms with E-state index in [1.54, 1.807) is 14.1 Å². The van der Waals surface area contributed by atoms with Crippen LogP contribution >= 0.6 is 12.4 Å². The lowest BCUT2D eigenvalue weighted by molar-refractivity contribution is 0.384. The van der Waals surface area contributed by atoms with E-state index >= 15 is 0 Å². The Labute approximate surface area is 105 Å². The third kappa shape index (κ3) is 4.55. The maximum Gasteiger partial charge on any atom is 0.281 e. The Bertz CT molecular complexity index is 293. The first-order valence-electron chi connectivity index (χ1n) is 5.30. The molecule has 1 fully saturated rings. The number of hydrogen-bond donors (Lipinski definition) is 1. The molecule has 1 aliphatic rings. The Morgan fingerprint density at radius 2 is 1.81 bits per heavy atom. The highest BCUT2D eigenvalue weighted by Crippen LogP contribution is 2.30. The largest absolute Gasteiger partial charge is 0.318 e. The average Bonchev–Trinajstić information content (AvgIpc) is 2.97. The zero-order valence-electron chi connectivity index (χ0n) is 10.1. The Morgan fingerprint density at radius 1 is 1.25 bits per heavy atom. The van der Waals surface area contributed by atoms with Crippen LogP contribution in [0.3, 0.4) is 0 Å². The summed E-state index contributed by atoms with van der Waals surface area (Å²) in [5, 5.41) is 2.94. The van der Waals surface area contributed by atoms with Crippen LogP contribution in [-0.4, -0.2) is 57.8 Å². The van der Waals surface area contributed by atoms with E-state index in [0.29, 0.717) is 25.6 Å². The average molecular weight is 272 g/mol. The summed E-state index contributed by atoms with van der Waals surface area (Å²) >= 11 is 0. The lowest BCUT2D eigenvalue weighted by Gasteiger charge is -2.24. The van der Waals surface area contributed by atoms with Crippen molar-refractivity contribution < 1.29 is 8.42 Å². The molecule has 16 heavy (non-hydrogen) atoms. The lowest BCUT2D eigenvalue weighted by atomic mass is 10.4. The Balaban J connectivity index is 0.00000225. The number of nitrogens with one attached hydrogen (secondary N) is 1. The van der Waals surface area contributed by atoms with E-state index in [9.17, 15) is 8.42 Å². The Morgan fingerprint density at radius 3 is 2.25 bits per heavy atom. The van der Waals surface area contributed by atoms with Crippen LogP contribution in [0.15, 0.2) is 0 Å². The molecule has 0 aliphatic heterocycles. The number of hydrogen-bond acceptors (Lipinski definition) is 3. The zero-order valence-corrected chi connectivity index (χ0v) is 11.8. The van der Waals surface area contributed by atoms with Crippen molar-refractivity contribution in [3.63, 3.8) is 0 Å². The summed E-state index contributed by atoms with van der Waals surface area (Å²) in [4.78, 5) is 0. The topological polar surface area (TPSA) is 52.7 Å². The van der Waals surface area contributed by atoms with Crippen LogP contribution in [0.2, 0.25) is 0 Å². The summed E-state index contributed by atoms with van der Waals surface area (Å²) in [5.74, 6) is 0.586. The maximum atomic E-state index is 11.9. The van der Waals surface area contributed by atoms with Gasteiger partial charge in [0, 0.05) is 33.7 Å². The summed E-state index contributed by atoms with van der Waals surface area (Å²) in [7, 11) is 1.85. The molecule has 5 nitrogen and oxygen atoms in total. The van der Waals surface area contributed by atoms with Gasteiger partial charge in [-0.1, -0.05) is 0 Å². The van der Waals surface area contributed by atoms with Crippen molar-refractivity contribution in [3.05, 3.63) is 0 Å². The van der Waals surface area contributed by atoms with Gasteiger partial charge in [-0.05, 0) is 25.8 Å². The van der Waals surface area contributed by atoms with E-state index < -0.39 is 10.2 Å². The van der Waals surface area contributed by atoms with Crippen molar-refractivity contribution in [1.29, 1.82) is 0 Å². The molecular weight excluding hydrogens is 250 g/mol. The number of halogens is 1. The second-order valence-electron chi connectivity index (χ2n) is 4.16. The molecule has 0 heterocycles. The smallest absolute Gasteiger partial charge is 0.281 e. The SMILES string of the molecule is CNCCN(C)S(=O)(=O)N(C)CC1CC1.Cl. The van der Waals surface area contributed by atoms with Crippen LogP contribution in [0.1, 0.15) is 12.8 Å². The fourth-order valence-electron chi connectivity index (χ4n) is 1.38. The van der Waals surface area contributed by atoms with Crippen LogP contribution in [0.4, 0.5) is 0 Å². The number of likely N-dealkylation sites (N-methyl/N-ethyl adjacent to an activating group) is 2. The van der Waals surface area contributed by atoms with Crippen molar-refractivity contribution in [3.8, 4) is 0 Å². The van der Waals surface area contributed by atoms with Crippen molar-refractivity contribution >= 4 is 22.6 Å². The maximum absolute atomic E-state index is 11.9. The van der Waals surface area contributed by atoms with Gasteiger partial charge in [0.1, 0.15) is 0 Å². The first-order valence-corrected chi connectivity index (χ1v) is 6.70. The molecule has 0 aromatic heterocycles. The molecule has 1 saturated carbocycles. The first-order chi connectivity index (χ1) is 6.98. The molecule has 98 valence electrons. The van der Waals surface area contributed by atoms with Gasteiger partial charge in [-0.3, -0.25) is 0 Å². The van der Waals surface area contributed by atoms with E-state index in [0.717, 1.165) is 0 Å². The molecule has 0 aromatic carbocycles. The third-order valence-electron chi connectivity index (χ3n) is 2.68. The van der Waals surface area contributed by atoms with E-state index in [-0.39, 0.29) is 12.4 Å². The van der Waals surface area contributed by atoms with Gasteiger partial charge in [0.15, 0.2) is 0 Å². The van der Waals surface area contributed by atoms with Gasteiger partial charge in [-0.15, -0.1) is 12.4 Å². The molecule has 0 saturated heterocycles. The molecule has 1 N–H and O–H groups in total. The van der Waals surface area contributed by atoms with Gasteiger partial charge in [0.25, 0.3) is 10.2 Å². The van der Waals surface area contributed by atoms with Crippen molar-refractivity contribution in [2.75, 3.05) is 40.8 Å². The minimum absolute atomic E-state index is 0. The minimum Gasteiger partial charge on any atom is -0.318 e. The molecule has 1 rings (SSSR count). The quantitative estimate of drug-likeness (QED) is 0.717. The fourth-order valence-corrected chi connectivity index (χ4v) is 2.58. The number of rotatable bonds is 7. The summed E-state index contributed by atoms with van der Waals surface area (Å²) in [6.07, 6.45) is 2.33. The normalized spacial score (nSPS) is 16.6. The molecule has 1 aliphatic carbocycles. The molecule has 0 unspecified atom stereocenters. The summed E-state index contributed by atoms with van der Waals surface area (Å²) in [6.45, 7) is 1.84. The second-order valence-corrected chi connectivity index (χ2v) is 6.30. The van der Waals surface area contributed by atoms with Crippen molar-refractivity contribution in [2.45, 2.75) is 12.8 Å². The van der Waals surface area contributed by atoms with Crippen LogP contribution in [0.5, 0.6) is 0 Å².